The Bertz CT molecular complexity index is 1110. The van der Waals surface area contributed by atoms with Gasteiger partial charge < -0.3 is 20.3 Å². The fourth-order valence-corrected chi connectivity index (χ4v) is 4.71. The Morgan fingerprint density at radius 2 is 1.62 bits per heavy atom. The van der Waals surface area contributed by atoms with Crippen LogP contribution in [0.5, 0.6) is 0 Å². The van der Waals surface area contributed by atoms with E-state index < -0.39 is 23.8 Å². The van der Waals surface area contributed by atoms with Crippen LogP contribution < -0.4 is 10.6 Å². The van der Waals surface area contributed by atoms with Gasteiger partial charge in [-0.15, -0.1) is 0 Å². The van der Waals surface area contributed by atoms with Gasteiger partial charge in [0.25, 0.3) is 5.91 Å². The molecular weight excluding hydrogens is 510 g/mol. The first-order valence-corrected chi connectivity index (χ1v) is 14.3. The third-order valence-electron chi connectivity index (χ3n) is 6.23. The number of nitrogens with zero attached hydrogens (tertiary/aromatic N) is 1. The van der Waals surface area contributed by atoms with Crippen molar-refractivity contribution in [2.75, 3.05) is 17.6 Å². The average molecular weight is 556 g/mol. The van der Waals surface area contributed by atoms with Gasteiger partial charge in [0.2, 0.25) is 5.91 Å². The molecule has 0 aromatic heterocycles. The van der Waals surface area contributed by atoms with Gasteiger partial charge >= 0.3 is 6.09 Å². The van der Waals surface area contributed by atoms with Crippen molar-refractivity contribution in [2.45, 2.75) is 91.8 Å². The third kappa shape index (κ3) is 10.2. The molecule has 0 radical (unpaired) electrons. The Morgan fingerprint density at radius 3 is 2.18 bits per heavy atom. The predicted octanol–water partition coefficient (Wildman–Crippen LogP) is 6.52. The minimum absolute atomic E-state index is 0.0580. The molecule has 2 aromatic carbocycles. The van der Waals surface area contributed by atoms with Crippen molar-refractivity contribution in [2.24, 2.45) is 0 Å². The van der Waals surface area contributed by atoms with Crippen LogP contribution in [0.2, 0.25) is 0 Å². The summed E-state index contributed by atoms with van der Waals surface area (Å²) in [5, 5.41) is 5.72. The lowest BCUT2D eigenvalue weighted by molar-refractivity contribution is -0.140. The maximum atomic E-state index is 14.1. The smallest absolute Gasteiger partial charge is 0.408 e. The van der Waals surface area contributed by atoms with Crippen molar-refractivity contribution >= 4 is 36.2 Å². The van der Waals surface area contributed by atoms with Gasteiger partial charge in [-0.1, -0.05) is 73.7 Å². The highest BCUT2D eigenvalue weighted by Crippen LogP contribution is 2.28. The molecule has 8 heteroatoms. The van der Waals surface area contributed by atoms with Crippen LogP contribution in [-0.4, -0.2) is 46.7 Å². The van der Waals surface area contributed by atoms with Crippen LogP contribution in [0.3, 0.4) is 0 Å². The molecule has 39 heavy (non-hydrogen) atoms. The van der Waals surface area contributed by atoms with Crippen molar-refractivity contribution in [3.63, 3.8) is 0 Å². The van der Waals surface area contributed by atoms with E-state index >= 15 is 0 Å². The van der Waals surface area contributed by atoms with Gasteiger partial charge in [-0.3, -0.25) is 9.59 Å². The van der Waals surface area contributed by atoms with E-state index in [0.717, 1.165) is 47.9 Å². The summed E-state index contributed by atoms with van der Waals surface area (Å²) in [6.07, 6.45) is 3.02. The van der Waals surface area contributed by atoms with Crippen molar-refractivity contribution in [1.29, 1.82) is 0 Å². The fourth-order valence-electron chi connectivity index (χ4n) is 4.47. The van der Waals surface area contributed by atoms with E-state index in [9.17, 15) is 14.4 Å². The molecule has 0 spiro atoms. The van der Waals surface area contributed by atoms with Crippen LogP contribution >= 0.6 is 12.6 Å². The lowest BCUT2D eigenvalue weighted by Gasteiger charge is -2.34. The molecule has 2 aromatic rings. The molecule has 2 atom stereocenters. The van der Waals surface area contributed by atoms with E-state index in [4.69, 9.17) is 4.74 Å². The number of hydrogen-bond acceptors (Lipinski definition) is 5. The maximum Gasteiger partial charge on any atom is 0.408 e. The highest BCUT2D eigenvalue weighted by molar-refractivity contribution is 7.80. The fraction of sp³-hybridized carbons (Fsp3) is 0.516. The van der Waals surface area contributed by atoms with Crippen molar-refractivity contribution in [3.05, 3.63) is 64.7 Å². The molecule has 2 rings (SSSR count). The highest BCUT2D eigenvalue weighted by Gasteiger charge is 2.36. The number of nitrogens with one attached hydrogen (secondary N) is 2. The minimum atomic E-state index is -0.964. The van der Waals surface area contributed by atoms with E-state index in [-0.39, 0.29) is 17.6 Å². The van der Waals surface area contributed by atoms with Gasteiger partial charge in [0.15, 0.2) is 0 Å². The number of carbonyl (C=O) groups excluding carboxylic acids is 3. The molecule has 0 aliphatic carbocycles. The Hall–Kier alpha value is -3.00. The molecular formula is C31H45N3O4S. The molecule has 2 unspecified atom stereocenters. The number of para-hydroxylation sites is 1. The predicted molar refractivity (Wildman–Crippen MR) is 161 cm³/mol. The molecule has 0 aliphatic rings. The monoisotopic (exact) mass is 555 g/mol. The highest BCUT2D eigenvalue weighted by atomic mass is 32.1. The Kier molecular flexibility index (Phi) is 12.4. The van der Waals surface area contributed by atoms with Gasteiger partial charge in [0.05, 0.1) is 0 Å². The summed E-state index contributed by atoms with van der Waals surface area (Å²) < 4.78 is 5.40. The summed E-state index contributed by atoms with van der Waals surface area (Å²) in [6.45, 7) is 13.6. The van der Waals surface area contributed by atoms with Crippen LogP contribution in [0.15, 0.2) is 42.5 Å². The summed E-state index contributed by atoms with van der Waals surface area (Å²) in [4.78, 5) is 42.3. The van der Waals surface area contributed by atoms with E-state index in [1.807, 2.05) is 63.2 Å². The minimum Gasteiger partial charge on any atom is -0.444 e. The van der Waals surface area contributed by atoms with Gasteiger partial charge in [-0.05, 0) is 65.2 Å². The van der Waals surface area contributed by atoms with Crippen molar-refractivity contribution in [3.8, 4) is 0 Å². The quantitative estimate of drug-likeness (QED) is 0.205. The number of ether oxygens (including phenoxy) is 1. The lowest BCUT2D eigenvalue weighted by atomic mass is 9.98. The number of thiol groups is 1. The number of amides is 3. The number of benzene rings is 2. The first-order valence-electron chi connectivity index (χ1n) is 13.7. The normalized spacial score (nSPS) is 12.8. The SMILES string of the molecule is CCCCCCN(C(=O)C(CS)NC(=O)OC(C)(C)C)C(C(=O)Nc1ccccc1C)c1cc(C)cc(C)c1. The molecule has 7 nitrogen and oxygen atoms in total. The molecule has 0 bridgehead atoms. The van der Waals surface area contributed by atoms with Crippen LogP contribution in [0.4, 0.5) is 10.5 Å². The third-order valence-corrected chi connectivity index (χ3v) is 6.60. The summed E-state index contributed by atoms with van der Waals surface area (Å²) in [7, 11) is 0. The number of rotatable bonds is 12. The molecule has 3 amide bonds. The van der Waals surface area contributed by atoms with E-state index in [0.29, 0.717) is 12.2 Å². The van der Waals surface area contributed by atoms with Crippen LogP contribution in [0.1, 0.15) is 81.7 Å². The first-order chi connectivity index (χ1) is 18.4. The van der Waals surface area contributed by atoms with Gasteiger partial charge in [-0.25, -0.2) is 4.79 Å². The number of carbonyl (C=O) groups is 3. The second-order valence-electron chi connectivity index (χ2n) is 11.1. The molecule has 214 valence electrons. The second-order valence-corrected chi connectivity index (χ2v) is 11.5. The summed E-state index contributed by atoms with van der Waals surface area (Å²) in [5.41, 5.74) is 3.60. The number of unbranched alkanes of at least 4 members (excludes halogenated alkanes) is 3. The van der Waals surface area contributed by atoms with Gasteiger partial charge in [-0.2, -0.15) is 12.6 Å². The number of aryl methyl sites for hydroxylation is 3. The van der Waals surface area contributed by atoms with Crippen LogP contribution in [-0.2, 0) is 14.3 Å². The first kappa shape index (κ1) is 32.2. The van der Waals surface area contributed by atoms with Crippen LogP contribution in [0, 0.1) is 20.8 Å². The Balaban J connectivity index is 2.53. The van der Waals surface area contributed by atoms with E-state index in [1.165, 1.54) is 0 Å². The zero-order chi connectivity index (χ0) is 29.2. The molecule has 0 saturated carbocycles. The largest absolute Gasteiger partial charge is 0.444 e. The second kappa shape index (κ2) is 15.0. The number of alkyl carbamates (subject to hydrolysis) is 1. The summed E-state index contributed by atoms with van der Waals surface area (Å²) >= 11 is 4.38. The Labute approximate surface area is 239 Å². The molecule has 0 fully saturated rings. The standard InChI is InChI=1S/C31H45N3O4S/c1-8-9-10-13-16-34(29(36)26(20-39)33-30(37)38-31(5,6)7)27(24-18-21(2)17-22(3)19-24)28(35)32-25-15-12-11-14-23(25)4/h11-12,14-15,17-19,26-27,39H,8-10,13,16,20H2,1-7H3,(H,32,35)(H,33,37). The topological polar surface area (TPSA) is 87.7 Å². The lowest BCUT2D eigenvalue weighted by Crippen LogP contribution is -2.53. The molecule has 0 saturated heterocycles. The zero-order valence-electron chi connectivity index (χ0n) is 24.5. The molecule has 0 heterocycles. The van der Waals surface area contributed by atoms with E-state index in [1.54, 1.807) is 25.7 Å². The van der Waals surface area contributed by atoms with Crippen LogP contribution in [0.25, 0.3) is 0 Å². The Morgan fingerprint density at radius 1 is 0.974 bits per heavy atom. The molecule has 2 N–H and O–H groups in total. The van der Waals surface area contributed by atoms with Gasteiger partial charge in [0.1, 0.15) is 17.7 Å². The summed E-state index contributed by atoms with van der Waals surface area (Å²) in [6, 6.07) is 11.6. The average Bonchev–Trinajstić information content (AvgIpc) is 2.83. The van der Waals surface area contributed by atoms with Crippen molar-refractivity contribution < 1.29 is 19.1 Å². The van der Waals surface area contributed by atoms with Crippen molar-refractivity contribution in [1.82, 2.24) is 10.2 Å². The van der Waals surface area contributed by atoms with Gasteiger partial charge in [0, 0.05) is 18.0 Å². The number of anilines is 1. The summed E-state index contributed by atoms with van der Waals surface area (Å²) in [5.74, 6) is -0.632. The zero-order valence-corrected chi connectivity index (χ0v) is 25.4. The maximum absolute atomic E-state index is 14.1. The number of hydrogen-bond donors (Lipinski definition) is 3. The van der Waals surface area contributed by atoms with E-state index in [2.05, 4.69) is 30.2 Å². The molecule has 0 aliphatic heterocycles.